The lowest BCUT2D eigenvalue weighted by Gasteiger charge is -2.06. The molecule has 1 aromatic heterocycles. The average molecular weight is 229 g/mol. The van der Waals surface area contributed by atoms with E-state index in [9.17, 15) is 4.79 Å². The van der Waals surface area contributed by atoms with Crippen LogP contribution in [0.15, 0.2) is 10.5 Å². The first-order valence-electron chi connectivity index (χ1n) is 4.86. The topological polar surface area (TPSA) is 103 Å². The summed E-state index contributed by atoms with van der Waals surface area (Å²) < 4.78 is 5.20. The van der Waals surface area contributed by atoms with Gasteiger partial charge in [-0.15, -0.1) is 0 Å². The summed E-state index contributed by atoms with van der Waals surface area (Å²) in [6, 6.07) is 1.44. The van der Waals surface area contributed by atoms with E-state index in [0.717, 1.165) is 0 Å². The fraction of sp³-hybridized carbons (Fsp3) is 0.500. The maximum Gasteiger partial charge on any atom is 0.339 e. The zero-order valence-electron chi connectivity index (χ0n) is 8.93. The van der Waals surface area contributed by atoms with Gasteiger partial charge in [-0.05, 0) is 13.0 Å². The highest BCUT2D eigenvalue weighted by atomic mass is 16.4. The number of aromatic carboxylic acids is 1. The van der Waals surface area contributed by atoms with Crippen molar-refractivity contribution in [2.24, 2.45) is 0 Å². The molecule has 0 aliphatic carbocycles. The summed E-state index contributed by atoms with van der Waals surface area (Å²) in [4.78, 5) is 10.7. The van der Waals surface area contributed by atoms with Crippen LogP contribution in [0.2, 0.25) is 0 Å². The molecule has 0 aliphatic rings. The number of carboxylic acids is 1. The molecule has 0 spiro atoms. The molecule has 0 fully saturated rings. The molecule has 0 bridgehead atoms. The summed E-state index contributed by atoms with van der Waals surface area (Å²) in [6.45, 7) is 1.80. The second-order valence-corrected chi connectivity index (χ2v) is 3.46. The minimum atomic E-state index is -1.03. The number of aliphatic hydroxyl groups is 2. The van der Waals surface area contributed by atoms with Crippen LogP contribution >= 0.6 is 0 Å². The third kappa shape index (κ3) is 3.34. The molecule has 0 aliphatic heterocycles. The van der Waals surface area contributed by atoms with Gasteiger partial charge in [-0.2, -0.15) is 0 Å². The van der Waals surface area contributed by atoms with Crippen LogP contribution in [-0.2, 0) is 6.54 Å². The third-order valence-corrected chi connectivity index (χ3v) is 2.09. The van der Waals surface area contributed by atoms with E-state index in [4.69, 9.17) is 19.7 Å². The Morgan fingerprint density at radius 3 is 2.81 bits per heavy atom. The fourth-order valence-electron chi connectivity index (χ4n) is 1.27. The molecule has 0 amide bonds. The molecule has 6 nitrogen and oxygen atoms in total. The van der Waals surface area contributed by atoms with Gasteiger partial charge in [0.2, 0.25) is 0 Å². The minimum Gasteiger partial charge on any atom is -0.478 e. The van der Waals surface area contributed by atoms with E-state index < -0.39 is 12.1 Å². The van der Waals surface area contributed by atoms with Crippen molar-refractivity contribution < 1.29 is 24.5 Å². The van der Waals surface area contributed by atoms with E-state index >= 15 is 0 Å². The molecule has 1 rings (SSSR count). The highest BCUT2D eigenvalue weighted by Crippen LogP contribution is 2.14. The van der Waals surface area contributed by atoms with E-state index in [1.54, 1.807) is 6.92 Å². The molecule has 1 atom stereocenters. The summed E-state index contributed by atoms with van der Waals surface area (Å²) in [6.07, 6.45) is -0.824. The van der Waals surface area contributed by atoms with Gasteiger partial charge in [0.1, 0.15) is 17.1 Å². The molecular weight excluding hydrogens is 214 g/mol. The van der Waals surface area contributed by atoms with Gasteiger partial charge >= 0.3 is 5.97 Å². The first-order valence-corrected chi connectivity index (χ1v) is 4.86. The molecule has 16 heavy (non-hydrogen) atoms. The van der Waals surface area contributed by atoms with E-state index in [2.05, 4.69) is 5.32 Å². The Bertz CT molecular complexity index is 360. The van der Waals surface area contributed by atoms with E-state index in [-0.39, 0.29) is 18.7 Å². The molecule has 0 saturated heterocycles. The zero-order valence-corrected chi connectivity index (χ0v) is 8.93. The molecular formula is C10H15NO5. The number of carboxylic acid groups (broad SMARTS) is 1. The predicted octanol–water partition coefficient (Wildman–Crippen LogP) is -0.271. The van der Waals surface area contributed by atoms with Crippen molar-refractivity contribution >= 4 is 5.97 Å². The van der Waals surface area contributed by atoms with Crippen LogP contribution in [0.3, 0.4) is 0 Å². The van der Waals surface area contributed by atoms with Crippen LogP contribution < -0.4 is 5.32 Å². The lowest BCUT2D eigenvalue weighted by atomic mass is 10.2. The van der Waals surface area contributed by atoms with Crippen molar-refractivity contribution in [3.63, 3.8) is 0 Å². The van der Waals surface area contributed by atoms with Crippen LogP contribution in [0.25, 0.3) is 0 Å². The summed E-state index contributed by atoms with van der Waals surface area (Å²) in [5.41, 5.74) is 0.138. The quantitative estimate of drug-likeness (QED) is 0.535. The molecule has 4 N–H and O–H groups in total. The SMILES string of the molecule is Cc1oc(CNCC(O)CO)cc1C(=O)O. The van der Waals surface area contributed by atoms with Gasteiger partial charge in [-0.3, -0.25) is 0 Å². The van der Waals surface area contributed by atoms with Gasteiger partial charge in [0.25, 0.3) is 0 Å². The number of furan rings is 1. The van der Waals surface area contributed by atoms with Crippen molar-refractivity contribution in [3.8, 4) is 0 Å². The maximum atomic E-state index is 10.7. The molecule has 90 valence electrons. The molecule has 1 unspecified atom stereocenters. The highest BCUT2D eigenvalue weighted by molar-refractivity contribution is 5.88. The lowest BCUT2D eigenvalue weighted by Crippen LogP contribution is -2.28. The Morgan fingerprint density at radius 2 is 2.31 bits per heavy atom. The third-order valence-electron chi connectivity index (χ3n) is 2.09. The summed E-state index contributed by atoms with van der Waals surface area (Å²) in [5, 5.41) is 29.2. The van der Waals surface area contributed by atoms with Gasteiger partial charge < -0.3 is 25.1 Å². The number of hydrogen-bond donors (Lipinski definition) is 4. The molecule has 1 heterocycles. The Kier molecular flexibility index (Phi) is 4.48. The van der Waals surface area contributed by atoms with Gasteiger partial charge in [-0.25, -0.2) is 4.79 Å². The van der Waals surface area contributed by atoms with Crippen molar-refractivity contribution in [1.82, 2.24) is 5.32 Å². The Hall–Kier alpha value is -1.37. The second kappa shape index (κ2) is 5.64. The van der Waals surface area contributed by atoms with Gasteiger partial charge in [0.05, 0.1) is 19.3 Å². The van der Waals surface area contributed by atoms with Crippen molar-refractivity contribution in [2.75, 3.05) is 13.2 Å². The Balaban J connectivity index is 2.49. The monoisotopic (exact) mass is 229 g/mol. The first-order chi connectivity index (χ1) is 7.54. The van der Waals surface area contributed by atoms with Crippen LogP contribution in [0.5, 0.6) is 0 Å². The Morgan fingerprint density at radius 1 is 1.62 bits per heavy atom. The number of hydrogen-bond acceptors (Lipinski definition) is 5. The fourth-order valence-corrected chi connectivity index (χ4v) is 1.27. The standard InChI is InChI=1S/C10H15NO5/c1-6-9(10(14)15)2-8(16-6)4-11-3-7(13)5-12/h2,7,11-13H,3-5H2,1H3,(H,14,15). The van der Waals surface area contributed by atoms with Crippen LogP contribution in [0.4, 0.5) is 0 Å². The highest BCUT2D eigenvalue weighted by Gasteiger charge is 2.13. The lowest BCUT2D eigenvalue weighted by molar-refractivity contribution is 0.0695. The molecule has 0 radical (unpaired) electrons. The zero-order chi connectivity index (χ0) is 12.1. The predicted molar refractivity (Wildman–Crippen MR) is 55.2 cm³/mol. The van der Waals surface area contributed by atoms with E-state index in [0.29, 0.717) is 18.1 Å². The van der Waals surface area contributed by atoms with Crippen LogP contribution in [0, 0.1) is 6.92 Å². The number of nitrogens with one attached hydrogen (secondary N) is 1. The summed E-state index contributed by atoms with van der Waals surface area (Å²) in [5.74, 6) is -0.185. The first kappa shape index (κ1) is 12.7. The van der Waals surface area contributed by atoms with E-state index in [1.165, 1.54) is 6.07 Å². The molecule has 0 saturated carbocycles. The van der Waals surface area contributed by atoms with Gasteiger partial charge in [0, 0.05) is 6.54 Å². The normalized spacial score (nSPS) is 12.7. The summed E-state index contributed by atoms with van der Waals surface area (Å²) >= 11 is 0. The number of aryl methyl sites for hydroxylation is 1. The van der Waals surface area contributed by atoms with Crippen molar-refractivity contribution in [1.29, 1.82) is 0 Å². The smallest absolute Gasteiger partial charge is 0.339 e. The molecule has 0 aromatic carbocycles. The maximum absolute atomic E-state index is 10.7. The second-order valence-electron chi connectivity index (χ2n) is 3.46. The number of rotatable bonds is 6. The van der Waals surface area contributed by atoms with Gasteiger partial charge in [-0.1, -0.05) is 0 Å². The van der Waals surface area contributed by atoms with Crippen molar-refractivity contribution in [2.45, 2.75) is 19.6 Å². The van der Waals surface area contributed by atoms with Crippen LogP contribution in [-0.4, -0.2) is 40.5 Å². The summed E-state index contributed by atoms with van der Waals surface area (Å²) in [7, 11) is 0. The van der Waals surface area contributed by atoms with Crippen molar-refractivity contribution in [3.05, 3.63) is 23.2 Å². The molecule has 1 aromatic rings. The largest absolute Gasteiger partial charge is 0.478 e. The number of aliphatic hydroxyl groups excluding tert-OH is 2. The number of carbonyl (C=O) groups is 1. The molecule has 6 heteroatoms. The average Bonchev–Trinajstić information content (AvgIpc) is 2.59. The van der Waals surface area contributed by atoms with Gasteiger partial charge in [0.15, 0.2) is 0 Å². The van der Waals surface area contributed by atoms with Crippen LogP contribution in [0.1, 0.15) is 21.9 Å². The Labute approximate surface area is 92.5 Å². The minimum absolute atomic E-state index is 0.138. The van der Waals surface area contributed by atoms with E-state index in [1.807, 2.05) is 0 Å².